The summed E-state index contributed by atoms with van der Waals surface area (Å²) in [6.45, 7) is 1.46. The molecule has 0 amide bonds. The normalized spacial score (nSPS) is 12.2. The van der Waals surface area contributed by atoms with Gasteiger partial charge in [-0.2, -0.15) is 0 Å². The van der Waals surface area contributed by atoms with Gasteiger partial charge < -0.3 is 10.0 Å². The number of aromatic nitrogens is 1. The van der Waals surface area contributed by atoms with Gasteiger partial charge in [-0.05, 0) is 19.1 Å². The number of carboxylic acid groups (broad SMARTS) is 1. The minimum absolute atomic E-state index is 0.184. The third kappa shape index (κ3) is 2.73. The van der Waals surface area contributed by atoms with Crippen LogP contribution in [-0.4, -0.2) is 23.1 Å². The first kappa shape index (κ1) is 13.5. The summed E-state index contributed by atoms with van der Waals surface area (Å²) in [6, 6.07) is 4.53. The lowest BCUT2D eigenvalue weighted by Crippen LogP contribution is -2.12. The summed E-state index contributed by atoms with van der Waals surface area (Å²) in [5.74, 6) is -2.42. The van der Waals surface area contributed by atoms with Crippen LogP contribution >= 0.6 is 11.3 Å². The maximum absolute atomic E-state index is 14.0. The Morgan fingerprint density at radius 1 is 1.53 bits per heavy atom. The van der Waals surface area contributed by atoms with Crippen LogP contribution in [0, 0.1) is 5.82 Å². The Hall–Kier alpha value is -1.95. The summed E-state index contributed by atoms with van der Waals surface area (Å²) in [5, 5.41) is 11.5. The van der Waals surface area contributed by atoms with Crippen LogP contribution in [0.4, 0.5) is 15.2 Å². The highest BCUT2D eigenvalue weighted by Gasteiger charge is 2.19. The number of carbonyl (C=O) groups is 1. The van der Waals surface area contributed by atoms with E-state index in [1.165, 1.54) is 30.4 Å². The van der Waals surface area contributed by atoms with Crippen molar-refractivity contribution in [2.75, 3.05) is 11.9 Å². The molecule has 0 fully saturated rings. The number of hydrogen-bond acceptors (Lipinski definition) is 4. The summed E-state index contributed by atoms with van der Waals surface area (Å²) in [4.78, 5) is 16.8. The summed E-state index contributed by atoms with van der Waals surface area (Å²) >= 11 is 1.45. The first-order chi connectivity index (χ1) is 9.00. The van der Waals surface area contributed by atoms with Crippen molar-refractivity contribution >= 4 is 28.1 Å². The van der Waals surface area contributed by atoms with Crippen molar-refractivity contribution in [2.24, 2.45) is 0 Å². The Balaban J connectivity index is 2.31. The zero-order valence-corrected chi connectivity index (χ0v) is 11.3. The molecule has 6 heteroatoms. The molecule has 100 valence electrons. The van der Waals surface area contributed by atoms with Crippen LogP contribution in [0.3, 0.4) is 0 Å². The molecular formula is C13H13FN2O2S. The predicted molar refractivity (Wildman–Crippen MR) is 72.6 cm³/mol. The van der Waals surface area contributed by atoms with Gasteiger partial charge in [-0.15, -0.1) is 11.3 Å². The van der Waals surface area contributed by atoms with Crippen molar-refractivity contribution in [2.45, 2.75) is 12.8 Å². The fourth-order valence-electron chi connectivity index (χ4n) is 1.70. The summed E-state index contributed by atoms with van der Waals surface area (Å²) in [5.41, 5.74) is 0.817. The molecule has 1 N–H and O–H groups in total. The average Bonchev–Trinajstić information content (AvgIpc) is 2.90. The monoisotopic (exact) mass is 280 g/mol. The van der Waals surface area contributed by atoms with Crippen molar-refractivity contribution in [3.63, 3.8) is 0 Å². The van der Waals surface area contributed by atoms with Crippen LogP contribution in [0.15, 0.2) is 29.8 Å². The van der Waals surface area contributed by atoms with E-state index in [4.69, 9.17) is 5.11 Å². The van der Waals surface area contributed by atoms with Gasteiger partial charge >= 0.3 is 5.97 Å². The van der Waals surface area contributed by atoms with Gasteiger partial charge in [0.15, 0.2) is 5.13 Å². The zero-order valence-electron chi connectivity index (χ0n) is 10.5. The quantitative estimate of drug-likeness (QED) is 0.934. The van der Waals surface area contributed by atoms with E-state index in [0.717, 1.165) is 5.13 Å². The van der Waals surface area contributed by atoms with Gasteiger partial charge in [0.05, 0.1) is 5.92 Å². The van der Waals surface area contributed by atoms with Gasteiger partial charge in [-0.25, -0.2) is 9.37 Å². The van der Waals surface area contributed by atoms with Crippen LogP contribution in [0.5, 0.6) is 0 Å². The van der Waals surface area contributed by atoms with E-state index in [0.29, 0.717) is 5.69 Å². The number of carboxylic acids is 1. The number of rotatable bonds is 4. The number of nitrogens with zero attached hydrogens (tertiary/aromatic N) is 2. The molecule has 19 heavy (non-hydrogen) atoms. The Kier molecular flexibility index (Phi) is 3.80. The van der Waals surface area contributed by atoms with Crippen LogP contribution < -0.4 is 4.90 Å². The maximum atomic E-state index is 14.0. The first-order valence-electron chi connectivity index (χ1n) is 5.66. The number of hydrogen-bond donors (Lipinski definition) is 1. The van der Waals surface area contributed by atoms with E-state index in [9.17, 15) is 9.18 Å². The fraction of sp³-hybridized carbons (Fsp3) is 0.231. The lowest BCUT2D eigenvalue weighted by molar-refractivity contribution is -0.138. The molecule has 1 aromatic heterocycles. The van der Waals surface area contributed by atoms with Crippen LogP contribution in [0.25, 0.3) is 0 Å². The summed E-state index contributed by atoms with van der Waals surface area (Å²) < 4.78 is 14.0. The highest BCUT2D eigenvalue weighted by Crippen LogP contribution is 2.28. The van der Waals surface area contributed by atoms with Crippen molar-refractivity contribution < 1.29 is 14.3 Å². The molecule has 0 radical (unpaired) electrons. The molecule has 0 saturated heterocycles. The van der Waals surface area contributed by atoms with Gasteiger partial charge in [0.1, 0.15) is 5.82 Å². The van der Waals surface area contributed by atoms with E-state index < -0.39 is 17.7 Å². The number of anilines is 2. The molecular weight excluding hydrogens is 267 g/mol. The smallest absolute Gasteiger partial charge is 0.310 e. The molecule has 2 aromatic rings. The van der Waals surface area contributed by atoms with E-state index in [1.807, 2.05) is 5.38 Å². The van der Waals surface area contributed by atoms with E-state index in [-0.39, 0.29) is 5.56 Å². The Bertz CT molecular complexity index is 586. The minimum atomic E-state index is -1.04. The van der Waals surface area contributed by atoms with Crippen LogP contribution in [-0.2, 0) is 4.79 Å². The van der Waals surface area contributed by atoms with E-state index in [1.54, 1.807) is 24.2 Å². The highest BCUT2D eigenvalue weighted by molar-refractivity contribution is 7.13. The van der Waals surface area contributed by atoms with Crippen molar-refractivity contribution in [1.29, 1.82) is 0 Å². The minimum Gasteiger partial charge on any atom is -0.481 e. The molecule has 2 rings (SSSR count). The zero-order chi connectivity index (χ0) is 14.0. The predicted octanol–water partition coefficient (Wildman–Crippen LogP) is 3.24. The number of benzene rings is 1. The fourth-order valence-corrected chi connectivity index (χ4v) is 2.33. The van der Waals surface area contributed by atoms with Crippen molar-refractivity contribution in [3.05, 3.63) is 41.2 Å². The molecule has 0 spiro atoms. The topological polar surface area (TPSA) is 53.4 Å². The first-order valence-corrected chi connectivity index (χ1v) is 6.54. The second-order valence-electron chi connectivity index (χ2n) is 4.14. The maximum Gasteiger partial charge on any atom is 0.310 e. The second kappa shape index (κ2) is 5.36. The van der Waals surface area contributed by atoms with Crippen LogP contribution in [0.2, 0.25) is 0 Å². The standard InChI is InChI=1S/C13H13FN2O2S/c1-8(12(17)18)10-4-3-9(7-11(10)14)16(2)13-15-5-6-19-13/h3-8H,1-2H3,(H,17,18). The largest absolute Gasteiger partial charge is 0.481 e. The lowest BCUT2D eigenvalue weighted by Gasteiger charge is -2.17. The molecule has 4 nitrogen and oxygen atoms in total. The molecule has 1 aromatic carbocycles. The molecule has 0 bridgehead atoms. The Morgan fingerprint density at radius 3 is 2.79 bits per heavy atom. The van der Waals surface area contributed by atoms with Gasteiger partial charge in [-0.3, -0.25) is 4.79 Å². The summed E-state index contributed by atoms with van der Waals surface area (Å²) in [7, 11) is 1.79. The molecule has 0 saturated carbocycles. The van der Waals surface area contributed by atoms with Crippen molar-refractivity contribution in [1.82, 2.24) is 4.98 Å². The number of thiazole rings is 1. The van der Waals surface area contributed by atoms with E-state index in [2.05, 4.69) is 4.98 Å². The molecule has 1 heterocycles. The molecule has 0 aliphatic rings. The molecule has 1 atom stereocenters. The summed E-state index contributed by atoms with van der Waals surface area (Å²) in [6.07, 6.45) is 1.67. The van der Waals surface area contributed by atoms with Gasteiger partial charge in [-0.1, -0.05) is 6.07 Å². The SMILES string of the molecule is CC(C(=O)O)c1ccc(N(C)c2nccs2)cc1F. The van der Waals surface area contributed by atoms with Crippen LogP contribution in [0.1, 0.15) is 18.4 Å². The number of aliphatic carboxylic acids is 1. The highest BCUT2D eigenvalue weighted by atomic mass is 32.1. The number of halogens is 1. The third-order valence-electron chi connectivity index (χ3n) is 2.91. The lowest BCUT2D eigenvalue weighted by atomic mass is 10.0. The van der Waals surface area contributed by atoms with Gasteiger partial charge in [0.2, 0.25) is 0 Å². The molecule has 1 unspecified atom stereocenters. The average molecular weight is 280 g/mol. The van der Waals surface area contributed by atoms with Crippen molar-refractivity contribution in [3.8, 4) is 0 Å². The van der Waals surface area contributed by atoms with E-state index >= 15 is 0 Å². The third-order valence-corrected chi connectivity index (χ3v) is 3.76. The van der Waals surface area contributed by atoms with Gasteiger partial charge in [0.25, 0.3) is 0 Å². The second-order valence-corrected chi connectivity index (χ2v) is 5.01. The van der Waals surface area contributed by atoms with Gasteiger partial charge in [0, 0.05) is 29.9 Å². The Morgan fingerprint density at radius 2 is 2.26 bits per heavy atom. The molecule has 0 aliphatic heterocycles. The molecule has 0 aliphatic carbocycles. The Labute approximate surface area is 114 Å².